The molecule has 0 aliphatic carbocycles. The highest BCUT2D eigenvalue weighted by atomic mass is 79.9. The fourth-order valence-corrected chi connectivity index (χ4v) is 3.43. The summed E-state index contributed by atoms with van der Waals surface area (Å²) in [6.07, 6.45) is 3.51. The molecule has 1 saturated heterocycles. The third-order valence-electron chi connectivity index (χ3n) is 3.04. The summed E-state index contributed by atoms with van der Waals surface area (Å²) in [5.74, 6) is 0.694. The maximum atomic E-state index is 12.0. The molecule has 18 heavy (non-hydrogen) atoms. The molecule has 0 spiro atoms. The first kappa shape index (κ1) is 13.7. The van der Waals surface area contributed by atoms with E-state index in [4.69, 9.17) is 5.73 Å². The fourth-order valence-electron chi connectivity index (χ4n) is 2.01. The molecular formula is C13H17BrN2OS. The monoisotopic (exact) mass is 328 g/mol. The standard InChI is InChI=1S/C13H17BrN2OS/c14-10-4-5-11(15)12(8-10)18-9-13(17)16-6-2-1-3-7-16/h4-5,8H,1-3,6-7,9,15H2. The van der Waals surface area contributed by atoms with Crippen LogP contribution in [0.3, 0.4) is 0 Å². The molecule has 2 N–H and O–H groups in total. The number of likely N-dealkylation sites (tertiary alicyclic amines) is 1. The lowest BCUT2D eigenvalue weighted by molar-refractivity contribution is -0.129. The lowest BCUT2D eigenvalue weighted by atomic mass is 10.1. The van der Waals surface area contributed by atoms with Crippen molar-refractivity contribution in [3.8, 4) is 0 Å². The molecule has 1 heterocycles. The van der Waals surface area contributed by atoms with Crippen molar-refractivity contribution in [2.45, 2.75) is 24.2 Å². The number of hydrogen-bond acceptors (Lipinski definition) is 3. The van der Waals surface area contributed by atoms with Crippen molar-refractivity contribution in [3.05, 3.63) is 22.7 Å². The number of nitrogens with two attached hydrogens (primary N) is 1. The second-order valence-corrected chi connectivity index (χ2v) is 6.35. The van der Waals surface area contributed by atoms with Crippen LogP contribution < -0.4 is 5.73 Å². The third kappa shape index (κ3) is 3.65. The average Bonchev–Trinajstić information content (AvgIpc) is 2.40. The normalized spacial score (nSPS) is 15.7. The van der Waals surface area contributed by atoms with E-state index in [1.54, 1.807) is 0 Å². The Kier molecular flexibility index (Phi) is 4.95. The van der Waals surface area contributed by atoms with Gasteiger partial charge in [0.25, 0.3) is 0 Å². The molecule has 0 aromatic heterocycles. The summed E-state index contributed by atoms with van der Waals surface area (Å²) in [5, 5.41) is 0. The quantitative estimate of drug-likeness (QED) is 0.684. The minimum Gasteiger partial charge on any atom is -0.398 e. The highest BCUT2D eigenvalue weighted by Crippen LogP contribution is 2.28. The summed E-state index contributed by atoms with van der Waals surface area (Å²) in [5.41, 5.74) is 6.62. The molecule has 3 nitrogen and oxygen atoms in total. The van der Waals surface area contributed by atoms with Gasteiger partial charge >= 0.3 is 0 Å². The van der Waals surface area contributed by atoms with E-state index >= 15 is 0 Å². The van der Waals surface area contributed by atoms with Crippen LogP contribution in [-0.2, 0) is 4.79 Å². The van der Waals surface area contributed by atoms with Crippen LogP contribution in [0, 0.1) is 0 Å². The zero-order chi connectivity index (χ0) is 13.0. The minimum absolute atomic E-state index is 0.221. The van der Waals surface area contributed by atoms with Crippen molar-refractivity contribution in [1.82, 2.24) is 4.90 Å². The van der Waals surface area contributed by atoms with Crippen LogP contribution in [-0.4, -0.2) is 29.6 Å². The summed E-state index contributed by atoms with van der Waals surface area (Å²) in [4.78, 5) is 15.0. The molecule has 5 heteroatoms. The molecule has 1 aromatic rings. The number of nitrogens with zero attached hydrogens (tertiary/aromatic N) is 1. The van der Waals surface area contributed by atoms with Crippen molar-refractivity contribution in [3.63, 3.8) is 0 Å². The Morgan fingerprint density at radius 1 is 1.33 bits per heavy atom. The Hall–Kier alpha value is -0.680. The summed E-state index contributed by atoms with van der Waals surface area (Å²) in [6, 6.07) is 5.73. The van der Waals surface area contributed by atoms with E-state index in [0.29, 0.717) is 5.75 Å². The number of amides is 1. The van der Waals surface area contributed by atoms with Gasteiger partial charge in [0.05, 0.1) is 5.75 Å². The van der Waals surface area contributed by atoms with Gasteiger partial charge in [-0.15, -0.1) is 11.8 Å². The maximum absolute atomic E-state index is 12.0. The van der Waals surface area contributed by atoms with Gasteiger partial charge in [0.15, 0.2) is 0 Å². The van der Waals surface area contributed by atoms with Gasteiger partial charge < -0.3 is 10.6 Å². The first-order valence-corrected chi connectivity index (χ1v) is 7.90. The van der Waals surface area contributed by atoms with Crippen LogP contribution in [0.2, 0.25) is 0 Å². The van der Waals surface area contributed by atoms with E-state index < -0.39 is 0 Å². The molecule has 1 amide bonds. The largest absolute Gasteiger partial charge is 0.398 e. The molecule has 98 valence electrons. The second-order valence-electron chi connectivity index (χ2n) is 4.41. The van der Waals surface area contributed by atoms with Crippen molar-refractivity contribution in [2.24, 2.45) is 0 Å². The predicted molar refractivity (Wildman–Crippen MR) is 79.7 cm³/mol. The van der Waals surface area contributed by atoms with Crippen LogP contribution in [0.5, 0.6) is 0 Å². The lowest BCUT2D eigenvalue weighted by Gasteiger charge is -2.26. The Morgan fingerprint density at radius 2 is 2.06 bits per heavy atom. The Labute approximate surface area is 120 Å². The first-order chi connectivity index (χ1) is 8.66. The lowest BCUT2D eigenvalue weighted by Crippen LogP contribution is -2.36. The summed E-state index contributed by atoms with van der Waals surface area (Å²) < 4.78 is 0.990. The molecule has 2 rings (SSSR count). The number of carbonyl (C=O) groups is 1. The van der Waals surface area contributed by atoms with Gasteiger partial charge in [-0.2, -0.15) is 0 Å². The summed E-state index contributed by atoms with van der Waals surface area (Å²) in [7, 11) is 0. The maximum Gasteiger partial charge on any atom is 0.232 e. The predicted octanol–water partition coefficient (Wildman–Crippen LogP) is 3.14. The molecule has 0 atom stereocenters. The van der Waals surface area contributed by atoms with Gasteiger partial charge in [-0.1, -0.05) is 15.9 Å². The van der Waals surface area contributed by atoms with Gasteiger partial charge in [0.2, 0.25) is 5.91 Å². The van der Waals surface area contributed by atoms with Crippen molar-refractivity contribution < 1.29 is 4.79 Å². The smallest absolute Gasteiger partial charge is 0.232 e. The molecule has 0 bridgehead atoms. The van der Waals surface area contributed by atoms with Crippen LogP contribution in [0.1, 0.15) is 19.3 Å². The number of hydrogen-bond donors (Lipinski definition) is 1. The molecule has 1 fully saturated rings. The average molecular weight is 329 g/mol. The molecule has 1 aromatic carbocycles. The van der Waals surface area contributed by atoms with Crippen LogP contribution in [0.15, 0.2) is 27.6 Å². The van der Waals surface area contributed by atoms with E-state index in [-0.39, 0.29) is 5.91 Å². The molecule has 0 radical (unpaired) electrons. The number of carbonyl (C=O) groups excluding carboxylic acids is 1. The number of anilines is 1. The van der Waals surface area contributed by atoms with Crippen LogP contribution >= 0.6 is 27.7 Å². The topological polar surface area (TPSA) is 46.3 Å². The number of nitrogen functional groups attached to an aromatic ring is 1. The van der Waals surface area contributed by atoms with E-state index in [1.807, 2.05) is 23.1 Å². The zero-order valence-corrected chi connectivity index (χ0v) is 12.6. The number of benzene rings is 1. The van der Waals surface area contributed by atoms with Gasteiger partial charge in [0, 0.05) is 28.1 Å². The van der Waals surface area contributed by atoms with Gasteiger partial charge in [0.1, 0.15) is 0 Å². The highest BCUT2D eigenvalue weighted by Gasteiger charge is 2.16. The number of rotatable bonds is 3. The molecule has 0 saturated carbocycles. The van der Waals surface area contributed by atoms with E-state index in [2.05, 4.69) is 15.9 Å². The van der Waals surface area contributed by atoms with Crippen LogP contribution in [0.25, 0.3) is 0 Å². The summed E-state index contributed by atoms with van der Waals surface area (Å²) in [6.45, 7) is 1.82. The minimum atomic E-state index is 0.221. The molecular weight excluding hydrogens is 312 g/mol. The molecule has 0 unspecified atom stereocenters. The third-order valence-corrected chi connectivity index (χ3v) is 4.58. The van der Waals surface area contributed by atoms with Crippen molar-refractivity contribution in [1.29, 1.82) is 0 Å². The second kappa shape index (κ2) is 6.48. The van der Waals surface area contributed by atoms with Gasteiger partial charge in [-0.25, -0.2) is 0 Å². The first-order valence-electron chi connectivity index (χ1n) is 6.12. The van der Waals surface area contributed by atoms with Crippen molar-refractivity contribution in [2.75, 3.05) is 24.6 Å². The number of thioether (sulfide) groups is 1. The zero-order valence-electron chi connectivity index (χ0n) is 10.2. The SMILES string of the molecule is Nc1ccc(Br)cc1SCC(=O)N1CCCCC1. The van der Waals surface area contributed by atoms with E-state index in [9.17, 15) is 4.79 Å². The number of piperidine rings is 1. The Bertz CT molecular complexity index is 433. The molecule has 1 aliphatic rings. The van der Waals surface area contributed by atoms with Gasteiger partial charge in [-0.3, -0.25) is 4.79 Å². The number of halogens is 1. The Balaban J connectivity index is 1.90. The van der Waals surface area contributed by atoms with E-state index in [0.717, 1.165) is 41.0 Å². The molecule has 1 aliphatic heterocycles. The highest BCUT2D eigenvalue weighted by molar-refractivity contribution is 9.10. The van der Waals surface area contributed by atoms with E-state index in [1.165, 1.54) is 18.2 Å². The van der Waals surface area contributed by atoms with Gasteiger partial charge in [-0.05, 0) is 37.5 Å². The fraction of sp³-hybridized carbons (Fsp3) is 0.462. The Morgan fingerprint density at radius 3 is 2.78 bits per heavy atom. The van der Waals surface area contributed by atoms with Crippen LogP contribution in [0.4, 0.5) is 5.69 Å². The van der Waals surface area contributed by atoms with Crippen molar-refractivity contribution >= 4 is 39.3 Å². The summed E-state index contributed by atoms with van der Waals surface area (Å²) >= 11 is 4.93.